The van der Waals surface area contributed by atoms with E-state index in [1.165, 1.54) is 23.5 Å². The summed E-state index contributed by atoms with van der Waals surface area (Å²) in [4.78, 5) is 18.7. The van der Waals surface area contributed by atoms with Gasteiger partial charge in [-0.15, -0.1) is 11.3 Å². The predicted molar refractivity (Wildman–Crippen MR) is 97.1 cm³/mol. The normalized spacial score (nSPS) is 11.3. The molecule has 0 aliphatic heterocycles. The first kappa shape index (κ1) is 17.9. The van der Waals surface area contributed by atoms with Crippen LogP contribution in [0, 0.1) is 10.1 Å². The maximum absolute atomic E-state index is 11.4. The molecule has 0 bridgehead atoms. The zero-order valence-electron chi connectivity index (χ0n) is 13.2. The summed E-state index contributed by atoms with van der Waals surface area (Å²) in [5, 5.41) is 21.8. The number of aromatic nitrogens is 2. The second kappa shape index (κ2) is 7.15. The number of nitrogens with two attached hydrogens (primary N) is 1. The van der Waals surface area contributed by atoms with Crippen LogP contribution in [0.2, 0.25) is 0 Å². The maximum atomic E-state index is 11.4. The van der Waals surface area contributed by atoms with Crippen molar-refractivity contribution in [1.82, 2.24) is 9.97 Å². The second-order valence-corrected chi connectivity index (χ2v) is 7.63. The molecule has 9 nitrogen and oxygen atoms in total. The molecule has 1 aromatic carbocycles. The highest BCUT2D eigenvalue weighted by Crippen LogP contribution is 2.28. The molecule has 2 heterocycles. The van der Waals surface area contributed by atoms with E-state index in [2.05, 4.69) is 15.3 Å². The van der Waals surface area contributed by atoms with Crippen molar-refractivity contribution in [3.05, 3.63) is 63.9 Å². The number of anilines is 1. The average molecular weight is 391 g/mol. The van der Waals surface area contributed by atoms with Gasteiger partial charge >= 0.3 is 0 Å². The first-order valence-electron chi connectivity index (χ1n) is 7.24. The van der Waals surface area contributed by atoms with Gasteiger partial charge in [0.25, 0.3) is 5.69 Å². The van der Waals surface area contributed by atoms with Crippen LogP contribution in [0.15, 0.2) is 53.0 Å². The monoisotopic (exact) mass is 391 g/mol. The second-order valence-electron chi connectivity index (χ2n) is 5.21. The number of sulfonamides is 1. The molecule has 0 spiro atoms. The fraction of sp³-hybridized carbons (Fsp3) is 0.0667. The summed E-state index contributed by atoms with van der Waals surface area (Å²) in [7, 11) is -4.02. The number of rotatable bonds is 6. The molecule has 0 atom stereocenters. The number of primary sulfonamides is 1. The molecule has 0 fully saturated rings. The summed E-state index contributed by atoms with van der Waals surface area (Å²) in [6.45, 7) is 0.247. The van der Waals surface area contributed by atoms with Crippen molar-refractivity contribution in [1.29, 1.82) is 0 Å². The lowest BCUT2D eigenvalue weighted by atomic mass is 10.2. The number of nitrogens with zero attached hydrogens (tertiary/aromatic N) is 3. The Kier molecular flexibility index (Phi) is 4.93. The van der Waals surface area contributed by atoms with Gasteiger partial charge in [0.2, 0.25) is 10.0 Å². The Labute approximate surface area is 152 Å². The summed E-state index contributed by atoms with van der Waals surface area (Å²) >= 11 is 1.45. The summed E-state index contributed by atoms with van der Waals surface area (Å²) in [6, 6.07) is 7.14. The Morgan fingerprint density at radius 2 is 1.96 bits per heavy atom. The minimum absolute atomic E-state index is 0.181. The van der Waals surface area contributed by atoms with Crippen molar-refractivity contribution in [2.24, 2.45) is 5.14 Å². The van der Waals surface area contributed by atoms with E-state index in [9.17, 15) is 18.5 Å². The van der Waals surface area contributed by atoms with Crippen LogP contribution in [0.4, 0.5) is 11.4 Å². The van der Waals surface area contributed by atoms with Crippen LogP contribution in [0.5, 0.6) is 0 Å². The van der Waals surface area contributed by atoms with Crippen molar-refractivity contribution in [2.45, 2.75) is 11.4 Å². The molecule has 0 saturated carbocycles. The lowest BCUT2D eigenvalue weighted by Crippen LogP contribution is -2.13. The van der Waals surface area contributed by atoms with Crippen LogP contribution in [-0.2, 0) is 16.6 Å². The molecule has 2 aromatic heterocycles. The van der Waals surface area contributed by atoms with Crippen molar-refractivity contribution in [3.8, 4) is 10.6 Å². The molecule has 0 radical (unpaired) electrons. The Morgan fingerprint density at radius 1 is 1.23 bits per heavy atom. The van der Waals surface area contributed by atoms with Gasteiger partial charge in [0.15, 0.2) is 0 Å². The Balaban J connectivity index is 1.80. The Bertz CT molecular complexity index is 1050. The number of thiazole rings is 1. The van der Waals surface area contributed by atoms with Crippen molar-refractivity contribution < 1.29 is 13.3 Å². The quantitative estimate of drug-likeness (QED) is 0.485. The molecule has 0 amide bonds. The van der Waals surface area contributed by atoms with Crippen LogP contribution in [0.3, 0.4) is 0 Å². The third kappa shape index (κ3) is 4.02. The van der Waals surface area contributed by atoms with Gasteiger partial charge in [0.05, 0.1) is 22.1 Å². The molecule has 134 valence electrons. The van der Waals surface area contributed by atoms with E-state index < -0.39 is 14.9 Å². The number of hydrogen-bond donors (Lipinski definition) is 2. The molecule has 0 aliphatic rings. The van der Waals surface area contributed by atoms with Gasteiger partial charge < -0.3 is 5.32 Å². The third-order valence-corrected chi connectivity index (χ3v) is 5.28. The number of benzene rings is 1. The summed E-state index contributed by atoms with van der Waals surface area (Å²) in [5.74, 6) is 0. The lowest BCUT2D eigenvalue weighted by Gasteiger charge is -2.07. The van der Waals surface area contributed by atoms with Crippen LogP contribution in [-0.4, -0.2) is 23.3 Å². The van der Waals surface area contributed by atoms with Crippen LogP contribution in [0.1, 0.15) is 5.69 Å². The minimum atomic E-state index is -4.02. The molecule has 0 aliphatic carbocycles. The zero-order valence-corrected chi connectivity index (χ0v) is 14.8. The fourth-order valence-corrected chi connectivity index (χ4v) is 3.55. The van der Waals surface area contributed by atoms with E-state index in [-0.39, 0.29) is 22.8 Å². The van der Waals surface area contributed by atoms with E-state index in [0.29, 0.717) is 5.69 Å². The molecule has 26 heavy (non-hydrogen) atoms. The predicted octanol–water partition coefficient (Wildman–Crippen LogP) is 2.37. The van der Waals surface area contributed by atoms with Gasteiger partial charge in [-0.3, -0.25) is 15.1 Å². The number of nitrogens with one attached hydrogen (secondary N) is 1. The van der Waals surface area contributed by atoms with E-state index in [1.54, 1.807) is 12.4 Å². The smallest absolute Gasteiger partial charge is 0.293 e. The highest BCUT2D eigenvalue weighted by atomic mass is 32.2. The third-order valence-electron chi connectivity index (χ3n) is 3.43. The van der Waals surface area contributed by atoms with Gasteiger partial charge in [0.1, 0.15) is 10.7 Å². The first-order valence-corrected chi connectivity index (χ1v) is 9.67. The van der Waals surface area contributed by atoms with Gasteiger partial charge in [-0.1, -0.05) is 0 Å². The number of hydrogen-bond acceptors (Lipinski definition) is 8. The summed E-state index contributed by atoms with van der Waals surface area (Å²) in [5.41, 5.74) is 1.44. The van der Waals surface area contributed by atoms with Gasteiger partial charge in [-0.05, 0) is 24.3 Å². The Morgan fingerprint density at radius 3 is 2.62 bits per heavy atom. The van der Waals surface area contributed by atoms with Crippen molar-refractivity contribution in [3.63, 3.8) is 0 Å². The molecule has 3 N–H and O–H groups in total. The van der Waals surface area contributed by atoms with Gasteiger partial charge in [0, 0.05) is 29.4 Å². The van der Waals surface area contributed by atoms with Crippen molar-refractivity contribution in [2.75, 3.05) is 5.32 Å². The zero-order chi connectivity index (χ0) is 18.7. The molecular weight excluding hydrogens is 378 g/mol. The number of nitro benzene ring substituents is 1. The molecule has 0 saturated heterocycles. The van der Waals surface area contributed by atoms with Gasteiger partial charge in [-0.25, -0.2) is 18.5 Å². The topological polar surface area (TPSA) is 141 Å². The standard InChI is InChI=1S/C15H13N5O4S2/c16-26(23,24)12-1-2-13(14(7-12)20(21)22)18-8-11-9-25-15(19-11)10-3-5-17-6-4-10/h1-7,9,18H,8H2,(H2,16,23,24). The first-order chi connectivity index (χ1) is 12.3. The SMILES string of the molecule is NS(=O)(=O)c1ccc(NCc2csc(-c3ccncc3)n2)c([N+](=O)[O-])c1. The van der Waals surface area contributed by atoms with Crippen LogP contribution >= 0.6 is 11.3 Å². The molecule has 0 unspecified atom stereocenters. The molecule has 3 aromatic rings. The fourth-order valence-electron chi connectivity index (χ4n) is 2.19. The highest BCUT2D eigenvalue weighted by molar-refractivity contribution is 7.89. The van der Waals surface area contributed by atoms with Crippen LogP contribution in [0.25, 0.3) is 10.6 Å². The van der Waals surface area contributed by atoms with E-state index in [4.69, 9.17) is 5.14 Å². The molecule has 11 heteroatoms. The number of nitro groups is 1. The molecule has 3 rings (SSSR count). The minimum Gasteiger partial charge on any atom is -0.374 e. The van der Waals surface area contributed by atoms with Crippen molar-refractivity contribution >= 4 is 32.7 Å². The summed E-state index contributed by atoms with van der Waals surface area (Å²) < 4.78 is 22.7. The summed E-state index contributed by atoms with van der Waals surface area (Å²) in [6.07, 6.45) is 3.34. The van der Waals surface area contributed by atoms with Crippen LogP contribution < -0.4 is 10.5 Å². The van der Waals surface area contributed by atoms with E-state index >= 15 is 0 Å². The van der Waals surface area contributed by atoms with E-state index in [0.717, 1.165) is 16.6 Å². The highest BCUT2D eigenvalue weighted by Gasteiger charge is 2.19. The van der Waals surface area contributed by atoms with Gasteiger partial charge in [-0.2, -0.15) is 0 Å². The maximum Gasteiger partial charge on any atom is 0.293 e. The van der Waals surface area contributed by atoms with E-state index in [1.807, 2.05) is 17.5 Å². The molecular formula is C15H13N5O4S2. The average Bonchev–Trinajstić information content (AvgIpc) is 3.08. The largest absolute Gasteiger partial charge is 0.374 e. The Hall–Kier alpha value is -2.89. The lowest BCUT2D eigenvalue weighted by molar-refractivity contribution is -0.384. The number of pyridine rings is 1.